The first-order valence-corrected chi connectivity index (χ1v) is 7.13. The highest BCUT2D eigenvalue weighted by Gasteiger charge is 2.22. The van der Waals surface area contributed by atoms with Gasteiger partial charge in [-0.05, 0) is 25.5 Å². The number of rotatable bonds is 6. The Morgan fingerprint density at radius 3 is 2.63 bits per heavy atom. The fourth-order valence-corrected chi connectivity index (χ4v) is 2.26. The molecule has 0 heterocycles. The van der Waals surface area contributed by atoms with E-state index in [-0.39, 0.29) is 12.3 Å². The van der Waals surface area contributed by atoms with Gasteiger partial charge in [0.2, 0.25) is 0 Å². The van der Waals surface area contributed by atoms with E-state index in [0.29, 0.717) is 12.2 Å². The van der Waals surface area contributed by atoms with Crippen molar-refractivity contribution < 1.29 is 22.5 Å². The highest BCUT2D eigenvalue weighted by atomic mass is 32.2. The Balaban J connectivity index is 3.06. The van der Waals surface area contributed by atoms with Gasteiger partial charge in [0.05, 0.1) is 12.3 Å². The molecule has 1 aromatic carbocycles. The van der Waals surface area contributed by atoms with Crippen LogP contribution in [0.3, 0.4) is 0 Å². The topological polar surface area (TPSA) is 55.4 Å². The molecule has 4 nitrogen and oxygen atoms in total. The van der Waals surface area contributed by atoms with Crippen LogP contribution < -0.4 is 4.72 Å². The van der Waals surface area contributed by atoms with Gasteiger partial charge in [-0.15, -0.1) is 0 Å². The van der Waals surface area contributed by atoms with Gasteiger partial charge < -0.3 is 9.46 Å². The van der Waals surface area contributed by atoms with Gasteiger partial charge in [0, 0.05) is 5.75 Å². The molecule has 106 valence electrons. The van der Waals surface area contributed by atoms with Crippen molar-refractivity contribution in [1.29, 1.82) is 0 Å². The number of carbonyl (C=O) groups excluding carboxylic acids is 1. The van der Waals surface area contributed by atoms with E-state index in [1.54, 1.807) is 0 Å². The number of benzene rings is 1. The van der Waals surface area contributed by atoms with E-state index in [9.17, 15) is 17.8 Å². The summed E-state index contributed by atoms with van der Waals surface area (Å²) in [6.07, 6.45) is 0.646. The molecule has 19 heavy (non-hydrogen) atoms. The molecular formula is C12H15F2NO3S. The second-order valence-electron chi connectivity index (χ2n) is 3.66. The minimum Gasteiger partial charge on any atom is -0.462 e. The fraction of sp³-hybridized carbons (Fsp3) is 0.417. The molecule has 0 aromatic heterocycles. The zero-order chi connectivity index (χ0) is 14.4. The van der Waals surface area contributed by atoms with E-state index in [1.807, 2.05) is 6.92 Å². The highest BCUT2D eigenvalue weighted by Crippen LogP contribution is 2.22. The van der Waals surface area contributed by atoms with Gasteiger partial charge in [0.25, 0.3) is 0 Å². The molecule has 0 saturated heterocycles. The normalized spacial score (nSPS) is 12.0. The third-order valence-corrected chi connectivity index (χ3v) is 3.41. The minimum absolute atomic E-state index is 0.0110. The van der Waals surface area contributed by atoms with Gasteiger partial charge in [0.1, 0.15) is 22.4 Å². The van der Waals surface area contributed by atoms with Gasteiger partial charge in [-0.25, -0.2) is 17.8 Å². The van der Waals surface area contributed by atoms with Crippen molar-refractivity contribution in [2.75, 3.05) is 17.1 Å². The lowest BCUT2D eigenvalue weighted by Gasteiger charge is -2.10. The lowest BCUT2D eigenvalue weighted by Crippen LogP contribution is -2.14. The molecule has 0 aliphatic heterocycles. The second-order valence-corrected chi connectivity index (χ2v) is 4.96. The number of hydrogen-bond acceptors (Lipinski definition) is 3. The average Bonchev–Trinajstić information content (AvgIpc) is 2.34. The van der Waals surface area contributed by atoms with Crippen LogP contribution in [0, 0.1) is 11.6 Å². The van der Waals surface area contributed by atoms with Crippen molar-refractivity contribution in [3.8, 4) is 0 Å². The van der Waals surface area contributed by atoms with E-state index < -0.39 is 34.2 Å². The molecule has 1 unspecified atom stereocenters. The first-order valence-electron chi connectivity index (χ1n) is 5.81. The number of hydrogen-bond donors (Lipinski definition) is 1. The molecule has 1 rings (SSSR count). The Morgan fingerprint density at radius 1 is 1.37 bits per heavy atom. The van der Waals surface area contributed by atoms with Crippen LogP contribution in [0.2, 0.25) is 0 Å². The molecule has 0 saturated carbocycles. The van der Waals surface area contributed by atoms with Gasteiger partial charge in [0.15, 0.2) is 5.82 Å². The minimum atomic E-state index is -1.48. The molecule has 0 aliphatic rings. The molecule has 0 spiro atoms. The first kappa shape index (κ1) is 15.6. The Labute approximate surface area is 112 Å². The van der Waals surface area contributed by atoms with Crippen molar-refractivity contribution in [2.24, 2.45) is 0 Å². The number of halogens is 2. The van der Waals surface area contributed by atoms with Crippen LogP contribution in [-0.2, 0) is 15.7 Å². The van der Waals surface area contributed by atoms with E-state index in [4.69, 9.17) is 0 Å². The molecule has 0 amide bonds. The fourth-order valence-electron chi connectivity index (χ4n) is 1.38. The second kappa shape index (κ2) is 7.18. The van der Waals surface area contributed by atoms with Crippen LogP contribution >= 0.6 is 0 Å². The van der Waals surface area contributed by atoms with Crippen LogP contribution in [0.5, 0.6) is 0 Å². The van der Waals surface area contributed by atoms with Gasteiger partial charge in [-0.1, -0.05) is 6.92 Å². The molecule has 1 atom stereocenters. The summed E-state index contributed by atoms with van der Waals surface area (Å²) in [5, 5.41) is 0. The van der Waals surface area contributed by atoms with Gasteiger partial charge in [-0.2, -0.15) is 0 Å². The van der Waals surface area contributed by atoms with E-state index in [2.05, 4.69) is 9.46 Å². The molecule has 0 aliphatic carbocycles. The predicted molar refractivity (Wildman–Crippen MR) is 69.2 cm³/mol. The average molecular weight is 291 g/mol. The predicted octanol–water partition coefficient (Wildman–Crippen LogP) is 2.63. The van der Waals surface area contributed by atoms with Crippen molar-refractivity contribution in [2.45, 2.75) is 20.3 Å². The lowest BCUT2D eigenvalue weighted by molar-refractivity contribution is 0.0515. The summed E-state index contributed by atoms with van der Waals surface area (Å²) in [5.74, 6) is -2.86. The summed E-state index contributed by atoms with van der Waals surface area (Å²) in [4.78, 5) is 11.4. The Kier molecular flexibility index (Phi) is 5.88. The van der Waals surface area contributed by atoms with Crippen LogP contribution in [0.4, 0.5) is 14.5 Å². The number of anilines is 1. The number of nitrogens with one attached hydrogen (secondary N) is 1. The van der Waals surface area contributed by atoms with Gasteiger partial charge >= 0.3 is 5.97 Å². The molecular weight excluding hydrogens is 276 g/mol. The largest absolute Gasteiger partial charge is 0.462 e. The highest BCUT2D eigenvalue weighted by molar-refractivity contribution is 7.86. The molecule has 1 aromatic rings. The molecule has 0 fully saturated rings. The third kappa shape index (κ3) is 3.99. The standard InChI is InChI=1S/C12H15F2NO3S/c1-3-7-19(17)15-9-6-5-8(13)10(11(9)14)12(16)18-4-2/h5-6,15H,3-4,7H2,1-2H3. The number of esters is 1. The Bertz CT molecular complexity index is 494. The SMILES string of the molecule is CCCS(=O)Nc1ccc(F)c(C(=O)OCC)c1F. The number of ether oxygens (including phenoxy) is 1. The maximum Gasteiger partial charge on any atom is 0.344 e. The summed E-state index contributed by atoms with van der Waals surface area (Å²) in [7, 11) is -1.48. The molecule has 7 heteroatoms. The van der Waals surface area contributed by atoms with Crippen molar-refractivity contribution in [3.63, 3.8) is 0 Å². The zero-order valence-electron chi connectivity index (χ0n) is 10.7. The lowest BCUT2D eigenvalue weighted by atomic mass is 10.1. The summed E-state index contributed by atoms with van der Waals surface area (Å²) in [6, 6.07) is 2.03. The van der Waals surface area contributed by atoms with E-state index in [1.165, 1.54) is 6.92 Å². The van der Waals surface area contributed by atoms with E-state index in [0.717, 1.165) is 12.1 Å². The summed E-state index contributed by atoms with van der Waals surface area (Å²) in [6.45, 7) is 3.37. The molecule has 1 N–H and O–H groups in total. The van der Waals surface area contributed by atoms with E-state index >= 15 is 0 Å². The molecule has 0 radical (unpaired) electrons. The van der Waals surface area contributed by atoms with Gasteiger partial charge in [-0.3, -0.25) is 0 Å². The summed E-state index contributed by atoms with van der Waals surface area (Å²) >= 11 is 0. The summed E-state index contributed by atoms with van der Waals surface area (Å²) < 4.78 is 45.9. The zero-order valence-corrected chi connectivity index (χ0v) is 11.5. The van der Waals surface area contributed by atoms with Crippen LogP contribution in [-0.4, -0.2) is 22.5 Å². The Morgan fingerprint density at radius 2 is 2.05 bits per heavy atom. The van der Waals surface area contributed by atoms with Crippen LogP contribution in [0.1, 0.15) is 30.6 Å². The van der Waals surface area contributed by atoms with Crippen LogP contribution in [0.25, 0.3) is 0 Å². The molecule has 0 bridgehead atoms. The van der Waals surface area contributed by atoms with Crippen molar-refractivity contribution >= 4 is 22.6 Å². The maximum absolute atomic E-state index is 14.0. The van der Waals surface area contributed by atoms with Crippen LogP contribution in [0.15, 0.2) is 12.1 Å². The van der Waals surface area contributed by atoms with Crippen molar-refractivity contribution in [1.82, 2.24) is 0 Å². The quantitative estimate of drug-likeness (QED) is 0.820. The monoisotopic (exact) mass is 291 g/mol. The smallest absolute Gasteiger partial charge is 0.344 e. The van der Waals surface area contributed by atoms with Crippen molar-refractivity contribution in [3.05, 3.63) is 29.3 Å². The number of carbonyl (C=O) groups is 1. The Hall–Kier alpha value is -1.50. The maximum atomic E-state index is 14.0. The summed E-state index contributed by atoms with van der Waals surface area (Å²) in [5.41, 5.74) is -0.961. The third-order valence-electron chi connectivity index (χ3n) is 2.18. The first-order chi connectivity index (χ1) is 9.01.